The van der Waals surface area contributed by atoms with E-state index in [1.54, 1.807) is 0 Å². The third kappa shape index (κ3) is 3.68. The van der Waals surface area contributed by atoms with E-state index < -0.39 is 0 Å². The molecule has 0 radical (unpaired) electrons. The molecule has 0 saturated carbocycles. The smallest absolute Gasteiger partial charge is 0.0708 e. The molecule has 2 nitrogen and oxygen atoms in total. The van der Waals surface area contributed by atoms with Crippen molar-refractivity contribution >= 4 is 22.5 Å². The van der Waals surface area contributed by atoms with Crippen LogP contribution in [0.5, 0.6) is 0 Å². The lowest BCUT2D eigenvalue weighted by molar-refractivity contribution is 0.282. The van der Waals surface area contributed by atoms with Crippen LogP contribution in [-0.4, -0.2) is 28.9 Å². The van der Waals surface area contributed by atoms with Crippen LogP contribution in [0, 0.1) is 6.92 Å². The van der Waals surface area contributed by atoms with Gasteiger partial charge in [-0.2, -0.15) is 0 Å². The Morgan fingerprint density at radius 1 is 1.26 bits per heavy atom. The van der Waals surface area contributed by atoms with Gasteiger partial charge in [-0.3, -0.25) is 9.88 Å². The molecule has 2 rings (SSSR count). The predicted octanol–water partition coefficient (Wildman–Crippen LogP) is 3.99. The van der Waals surface area contributed by atoms with Crippen LogP contribution in [0.15, 0.2) is 30.3 Å². The van der Waals surface area contributed by atoms with E-state index in [-0.39, 0.29) is 0 Å². The monoisotopic (exact) mass is 276 g/mol. The zero-order valence-corrected chi connectivity index (χ0v) is 12.5. The van der Waals surface area contributed by atoms with Crippen molar-refractivity contribution in [3.63, 3.8) is 0 Å². The molecule has 2 aromatic rings. The minimum atomic E-state index is 0.729. The van der Waals surface area contributed by atoms with Crippen molar-refractivity contribution in [2.75, 3.05) is 19.0 Å². The van der Waals surface area contributed by atoms with E-state index in [4.69, 9.17) is 11.6 Å². The topological polar surface area (TPSA) is 16.1 Å². The van der Waals surface area contributed by atoms with Gasteiger partial charge in [0.25, 0.3) is 0 Å². The molecule has 102 valence electrons. The second kappa shape index (κ2) is 6.88. The standard InChI is InChI=1S/C16H21ClN2/c1-3-19(10-6-9-17)12-14-11-13(2)18-16-8-5-4-7-15(14)16/h4-5,7-8,11H,3,6,9-10,12H2,1-2H3. The fourth-order valence-electron chi connectivity index (χ4n) is 2.40. The maximum Gasteiger partial charge on any atom is 0.0708 e. The number of pyridine rings is 1. The number of para-hydroxylation sites is 1. The number of aromatic nitrogens is 1. The summed E-state index contributed by atoms with van der Waals surface area (Å²) in [5.41, 5.74) is 3.53. The maximum atomic E-state index is 5.79. The summed E-state index contributed by atoms with van der Waals surface area (Å²) in [5, 5.41) is 1.26. The van der Waals surface area contributed by atoms with Crippen LogP contribution in [0.2, 0.25) is 0 Å². The third-order valence-corrected chi connectivity index (χ3v) is 3.65. The summed E-state index contributed by atoms with van der Waals surface area (Å²) in [6.07, 6.45) is 1.04. The van der Waals surface area contributed by atoms with Crippen LogP contribution in [-0.2, 0) is 6.54 Å². The molecule has 0 unspecified atom stereocenters. The van der Waals surface area contributed by atoms with E-state index in [1.165, 1.54) is 10.9 Å². The van der Waals surface area contributed by atoms with E-state index in [1.807, 2.05) is 6.07 Å². The quantitative estimate of drug-likeness (QED) is 0.742. The first-order valence-electron chi connectivity index (χ1n) is 6.88. The second-order valence-corrected chi connectivity index (χ2v) is 5.23. The SMILES string of the molecule is CCN(CCCCl)Cc1cc(C)nc2ccccc12. The highest BCUT2D eigenvalue weighted by Crippen LogP contribution is 2.19. The molecule has 0 atom stereocenters. The van der Waals surface area contributed by atoms with Gasteiger partial charge in [0.2, 0.25) is 0 Å². The summed E-state index contributed by atoms with van der Waals surface area (Å²) in [4.78, 5) is 7.03. The van der Waals surface area contributed by atoms with Gasteiger partial charge in [-0.15, -0.1) is 11.6 Å². The van der Waals surface area contributed by atoms with Crippen LogP contribution >= 0.6 is 11.6 Å². The van der Waals surface area contributed by atoms with E-state index >= 15 is 0 Å². The van der Waals surface area contributed by atoms with Crippen molar-refractivity contribution in [2.45, 2.75) is 26.8 Å². The molecule has 0 amide bonds. The summed E-state index contributed by atoms with van der Waals surface area (Å²) < 4.78 is 0. The highest BCUT2D eigenvalue weighted by atomic mass is 35.5. The van der Waals surface area contributed by atoms with Crippen LogP contribution in [0.1, 0.15) is 24.6 Å². The van der Waals surface area contributed by atoms with E-state index in [2.05, 4.69) is 48.0 Å². The van der Waals surface area contributed by atoms with Crippen LogP contribution in [0.4, 0.5) is 0 Å². The average Bonchev–Trinajstić information content (AvgIpc) is 2.43. The Balaban J connectivity index is 2.28. The molecule has 0 aliphatic carbocycles. The van der Waals surface area contributed by atoms with Crippen LogP contribution < -0.4 is 0 Å². The Kier molecular flexibility index (Phi) is 5.17. The molecular weight excluding hydrogens is 256 g/mol. The first kappa shape index (κ1) is 14.3. The Morgan fingerprint density at radius 3 is 2.79 bits per heavy atom. The van der Waals surface area contributed by atoms with Gasteiger partial charge in [-0.05, 0) is 44.1 Å². The Morgan fingerprint density at radius 2 is 2.05 bits per heavy atom. The average molecular weight is 277 g/mol. The molecule has 0 aliphatic rings. The zero-order chi connectivity index (χ0) is 13.7. The van der Waals surface area contributed by atoms with Gasteiger partial charge in [0.15, 0.2) is 0 Å². The van der Waals surface area contributed by atoms with Crippen molar-refractivity contribution in [3.8, 4) is 0 Å². The van der Waals surface area contributed by atoms with Gasteiger partial charge in [0, 0.05) is 23.5 Å². The number of fused-ring (bicyclic) bond motifs is 1. The summed E-state index contributed by atoms with van der Waals surface area (Å²) >= 11 is 5.79. The summed E-state index contributed by atoms with van der Waals surface area (Å²) in [5.74, 6) is 0.729. The minimum Gasteiger partial charge on any atom is -0.299 e. The highest BCUT2D eigenvalue weighted by Gasteiger charge is 2.08. The van der Waals surface area contributed by atoms with Gasteiger partial charge < -0.3 is 0 Å². The molecule has 19 heavy (non-hydrogen) atoms. The van der Waals surface area contributed by atoms with Crippen LogP contribution in [0.3, 0.4) is 0 Å². The highest BCUT2D eigenvalue weighted by molar-refractivity contribution is 6.17. The van der Waals surface area contributed by atoms with Crippen molar-refractivity contribution in [2.24, 2.45) is 0 Å². The first-order valence-corrected chi connectivity index (χ1v) is 7.41. The van der Waals surface area contributed by atoms with Gasteiger partial charge in [0.1, 0.15) is 0 Å². The van der Waals surface area contributed by atoms with E-state index in [0.717, 1.165) is 43.1 Å². The number of halogens is 1. The third-order valence-electron chi connectivity index (χ3n) is 3.38. The molecule has 1 aromatic heterocycles. The molecule has 1 aromatic carbocycles. The fourth-order valence-corrected chi connectivity index (χ4v) is 2.52. The Bertz CT molecular complexity index is 539. The Labute approximate surface area is 120 Å². The number of hydrogen-bond donors (Lipinski definition) is 0. The lowest BCUT2D eigenvalue weighted by Gasteiger charge is -2.21. The molecule has 1 heterocycles. The van der Waals surface area contributed by atoms with Crippen molar-refractivity contribution in [1.82, 2.24) is 9.88 Å². The van der Waals surface area contributed by atoms with Crippen molar-refractivity contribution < 1.29 is 0 Å². The number of nitrogens with zero attached hydrogens (tertiary/aromatic N) is 2. The predicted molar refractivity (Wildman–Crippen MR) is 82.8 cm³/mol. The lowest BCUT2D eigenvalue weighted by atomic mass is 10.1. The molecular formula is C16H21ClN2. The largest absolute Gasteiger partial charge is 0.299 e. The lowest BCUT2D eigenvalue weighted by Crippen LogP contribution is -2.24. The molecule has 0 N–H and O–H groups in total. The maximum absolute atomic E-state index is 5.79. The van der Waals surface area contributed by atoms with Gasteiger partial charge >= 0.3 is 0 Å². The summed E-state index contributed by atoms with van der Waals surface area (Å²) in [6.45, 7) is 7.33. The number of rotatable bonds is 6. The zero-order valence-electron chi connectivity index (χ0n) is 11.7. The van der Waals surface area contributed by atoms with Gasteiger partial charge in [0.05, 0.1) is 5.52 Å². The van der Waals surface area contributed by atoms with E-state index in [0.29, 0.717) is 0 Å². The van der Waals surface area contributed by atoms with Gasteiger partial charge in [-0.25, -0.2) is 0 Å². The van der Waals surface area contributed by atoms with Gasteiger partial charge in [-0.1, -0.05) is 25.1 Å². The number of aryl methyl sites for hydroxylation is 1. The normalized spacial score (nSPS) is 11.4. The van der Waals surface area contributed by atoms with Crippen molar-refractivity contribution in [1.29, 1.82) is 0 Å². The summed E-state index contributed by atoms with van der Waals surface area (Å²) in [6, 6.07) is 10.6. The molecule has 0 saturated heterocycles. The fraction of sp³-hybridized carbons (Fsp3) is 0.438. The minimum absolute atomic E-state index is 0.729. The molecule has 3 heteroatoms. The van der Waals surface area contributed by atoms with Crippen LogP contribution in [0.25, 0.3) is 10.9 Å². The van der Waals surface area contributed by atoms with E-state index in [9.17, 15) is 0 Å². The van der Waals surface area contributed by atoms with Crippen molar-refractivity contribution in [3.05, 3.63) is 41.6 Å². The second-order valence-electron chi connectivity index (χ2n) is 4.85. The molecule has 0 aliphatic heterocycles. The number of alkyl halides is 1. The number of benzene rings is 1. The summed E-state index contributed by atoms with van der Waals surface area (Å²) in [7, 11) is 0. The Hall–Kier alpha value is -1.12. The molecule has 0 fully saturated rings. The number of hydrogen-bond acceptors (Lipinski definition) is 2. The first-order chi connectivity index (χ1) is 9.24. The molecule has 0 bridgehead atoms. The molecule has 0 spiro atoms.